The number of nitrogens with one attached hydrogen (secondary N) is 1. The van der Waals surface area contributed by atoms with Gasteiger partial charge < -0.3 is 10.1 Å². The first-order chi connectivity index (χ1) is 14.5. The van der Waals surface area contributed by atoms with Crippen LogP contribution in [-0.4, -0.2) is 21.4 Å². The number of rotatable bonds is 4. The van der Waals surface area contributed by atoms with E-state index in [1.165, 1.54) is 17.8 Å². The molecule has 1 aromatic heterocycles. The molecule has 1 heterocycles. The highest BCUT2D eigenvalue weighted by atomic mass is 16.5. The molecule has 0 radical (unpaired) electrons. The van der Waals surface area contributed by atoms with Crippen molar-refractivity contribution >= 4 is 28.5 Å². The van der Waals surface area contributed by atoms with Gasteiger partial charge in [-0.1, -0.05) is 12.1 Å². The van der Waals surface area contributed by atoms with E-state index in [9.17, 15) is 14.4 Å². The summed E-state index contributed by atoms with van der Waals surface area (Å²) in [5.74, 6) is -0.355. The van der Waals surface area contributed by atoms with Crippen molar-refractivity contribution in [2.24, 2.45) is 0 Å². The Bertz CT molecular complexity index is 1290. The fourth-order valence-electron chi connectivity index (χ4n) is 2.99. The lowest BCUT2D eigenvalue weighted by Crippen LogP contribution is -2.19. The zero-order valence-electron chi connectivity index (χ0n) is 16.0. The maximum atomic E-state index is 12.7. The van der Waals surface area contributed by atoms with E-state index in [4.69, 9.17) is 4.74 Å². The van der Waals surface area contributed by atoms with Crippen molar-refractivity contribution in [2.75, 3.05) is 5.32 Å². The summed E-state index contributed by atoms with van der Waals surface area (Å²) >= 11 is 0. The van der Waals surface area contributed by atoms with Gasteiger partial charge in [0.25, 0.3) is 5.56 Å². The summed E-state index contributed by atoms with van der Waals surface area (Å²) in [5.41, 5.74) is 1.99. The van der Waals surface area contributed by atoms with Crippen molar-refractivity contribution in [3.8, 4) is 11.4 Å². The summed E-state index contributed by atoms with van der Waals surface area (Å²) < 4.78 is 6.78. The molecule has 0 saturated carbocycles. The van der Waals surface area contributed by atoms with Crippen molar-refractivity contribution in [1.29, 1.82) is 0 Å². The predicted octanol–water partition coefficient (Wildman–Crippen LogP) is 3.56. The zero-order valence-corrected chi connectivity index (χ0v) is 16.0. The number of ether oxygens (including phenoxy) is 1. The number of para-hydroxylation sites is 1. The van der Waals surface area contributed by atoms with E-state index < -0.39 is 5.97 Å². The molecule has 4 aromatic rings. The number of hydrogen-bond acceptors (Lipinski definition) is 5. The Balaban J connectivity index is 1.52. The van der Waals surface area contributed by atoms with E-state index in [-0.39, 0.29) is 11.5 Å². The van der Waals surface area contributed by atoms with Gasteiger partial charge in [0.05, 0.1) is 22.2 Å². The first-order valence-electron chi connectivity index (χ1n) is 9.18. The van der Waals surface area contributed by atoms with Gasteiger partial charge in [-0.25, -0.2) is 9.78 Å². The lowest BCUT2D eigenvalue weighted by Gasteiger charge is -2.08. The first kappa shape index (κ1) is 19.1. The second kappa shape index (κ2) is 8.00. The molecule has 148 valence electrons. The summed E-state index contributed by atoms with van der Waals surface area (Å²) in [6.07, 6.45) is 1.47. The van der Waals surface area contributed by atoms with Crippen LogP contribution in [0.15, 0.2) is 83.9 Å². The molecule has 0 aliphatic carbocycles. The van der Waals surface area contributed by atoms with E-state index in [1.807, 2.05) is 6.07 Å². The van der Waals surface area contributed by atoms with E-state index in [0.717, 1.165) is 0 Å². The number of hydrogen-bond donors (Lipinski definition) is 1. The average molecular weight is 399 g/mol. The Kier molecular flexibility index (Phi) is 5.09. The fraction of sp³-hybridized carbons (Fsp3) is 0.0435. The predicted molar refractivity (Wildman–Crippen MR) is 113 cm³/mol. The monoisotopic (exact) mass is 399 g/mol. The molecule has 1 N–H and O–H groups in total. The summed E-state index contributed by atoms with van der Waals surface area (Å²) in [6.45, 7) is 1.42. The normalized spacial score (nSPS) is 10.6. The fourth-order valence-corrected chi connectivity index (χ4v) is 2.99. The van der Waals surface area contributed by atoms with E-state index >= 15 is 0 Å². The lowest BCUT2D eigenvalue weighted by atomic mass is 10.2. The molecule has 7 nitrogen and oxygen atoms in total. The molecule has 0 saturated heterocycles. The van der Waals surface area contributed by atoms with Crippen LogP contribution >= 0.6 is 0 Å². The molecule has 0 aliphatic rings. The summed E-state index contributed by atoms with van der Waals surface area (Å²) in [4.78, 5) is 40.4. The van der Waals surface area contributed by atoms with E-state index in [1.54, 1.807) is 66.7 Å². The zero-order chi connectivity index (χ0) is 21.1. The molecule has 7 heteroatoms. The van der Waals surface area contributed by atoms with Crippen LogP contribution in [0.1, 0.15) is 17.3 Å². The van der Waals surface area contributed by atoms with Gasteiger partial charge in [-0.05, 0) is 60.7 Å². The largest absolute Gasteiger partial charge is 0.423 e. The minimum Gasteiger partial charge on any atom is -0.423 e. The van der Waals surface area contributed by atoms with Crippen molar-refractivity contribution in [2.45, 2.75) is 6.92 Å². The van der Waals surface area contributed by atoms with Gasteiger partial charge in [0, 0.05) is 12.6 Å². The topological polar surface area (TPSA) is 90.3 Å². The highest BCUT2D eigenvalue weighted by Crippen LogP contribution is 2.18. The lowest BCUT2D eigenvalue weighted by molar-refractivity contribution is -0.114. The summed E-state index contributed by atoms with van der Waals surface area (Å²) in [7, 11) is 0. The Hall–Kier alpha value is -4.26. The third kappa shape index (κ3) is 3.95. The molecule has 0 atom stereocenters. The number of nitrogens with zero attached hydrogens (tertiary/aromatic N) is 2. The van der Waals surface area contributed by atoms with Crippen LogP contribution in [-0.2, 0) is 4.79 Å². The minimum atomic E-state index is -0.530. The van der Waals surface area contributed by atoms with Crippen LogP contribution < -0.4 is 15.6 Å². The Morgan fingerprint density at radius 3 is 2.33 bits per heavy atom. The average Bonchev–Trinajstić information content (AvgIpc) is 2.75. The van der Waals surface area contributed by atoms with Crippen LogP contribution in [0.4, 0.5) is 5.69 Å². The SMILES string of the molecule is CC(=O)Nc1ccc(OC(=O)c2ccc(-n3cnc4ccccc4c3=O)cc2)cc1. The van der Waals surface area contributed by atoms with Gasteiger partial charge in [0.1, 0.15) is 12.1 Å². The number of amides is 1. The third-order valence-electron chi connectivity index (χ3n) is 4.43. The van der Waals surface area contributed by atoms with Crippen molar-refractivity contribution in [1.82, 2.24) is 9.55 Å². The molecule has 1 amide bonds. The van der Waals surface area contributed by atoms with Crippen molar-refractivity contribution < 1.29 is 14.3 Å². The standard InChI is InChI=1S/C23H17N3O4/c1-15(27)25-17-8-12-19(13-9-17)30-23(29)16-6-10-18(11-7-16)26-14-24-21-5-3-2-4-20(21)22(26)28/h2-14H,1H3,(H,25,27). The van der Waals surface area contributed by atoms with Gasteiger partial charge in [-0.15, -0.1) is 0 Å². The molecule has 0 aliphatic heterocycles. The second-order valence-electron chi connectivity index (χ2n) is 6.58. The molecule has 3 aromatic carbocycles. The highest BCUT2D eigenvalue weighted by molar-refractivity contribution is 5.91. The van der Waals surface area contributed by atoms with Gasteiger partial charge in [0.15, 0.2) is 0 Å². The molecule has 0 spiro atoms. The van der Waals surface area contributed by atoms with Crippen molar-refractivity contribution in [3.63, 3.8) is 0 Å². The molecule has 0 fully saturated rings. The van der Waals surface area contributed by atoms with E-state index in [0.29, 0.717) is 33.6 Å². The third-order valence-corrected chi connectivity index (χ3v) is 4.43. The summed E-state index contributed by atoms with van der Waals surface area (Å²) in [5, 5.41) is 3.16. The number of carbonyl (C=O) groups is 2. The molecule has 0 unspecified atom stereocenters. The molecular formula is C23H17N3O4. The smallest absolute Gasteiger partial charge is 0.343 e. The van der Waals surface area contributed by atoms with Gasteiger partial charge in [0.2, 0.25) is 5.91 Å². The van der Waals surface area contributed by atoms with Crippen LogP contribution in [0.3, 0.4) is 0 Å². The van der Waals surface area contributed by atoms with Crippen LogP contribution in [0.5, 0.6) is 5.75 Å². The number of anilines is 1. The van der Waals surface area contributed by atoms with Crippen LogP contribution in [0.25, 0.3) is 16.6 Å². The number of aromatic nitrogens is 2. The van der Waals surface area contributed by atoms with Gasteiger partial charge >= 0.3 is 5.97 Å². The van der Waals surface area contributed by atoms with Crippen molar-refractivity contribution in [3.05, 3.63) is 95.0 Å². The maximum absolute atomic E-state index is 12.7. The van der Waals surface area contributed by atoms with E-state index in [2.05, 4.69) is 10.3 Å². The summed E-state index contributed by atoms with van der Waals surface area (Å²) in [6, 6.07) is 20.1. The number of benzene rings is 3. The Morgan fingerprint density at radius 1 is 0.933 bits per heavy atom. The molecule has 0 bridgehead atoms. The molecular weight excluding hydrogens is 382 g/mol. The molecule has 30 heavy (non-hydrogen) atoms. The molecule has 4 rings (SSSR count). The van der Waals surface area contributed by atoms with Gasteiger partial charge in [-0.3, -0.25) is 14.2 Å². The Labute approximate surface area is 171 Å². The highest BCUT2D eigenvalue weighted by Gasteiger charge is 2.11. The maximum Gasteiger partial charge on any atom is 0.343 e. The second-order valence-corrected chi connectivity index (χ2v) is 6.58. The first-order valence-corrected chi connectivity index (χ1v) is 9.18. The quantitative estimate of drug-likeness (QED) is 0.419. The number of esters is 1. The number of carbonyl (C=O) groups excluding carboxylic acids is 2. The van der Waals surface area contributed by atoms with Crippen LogP contribution in [0, 0.1) is 0 Å². The number of fused-ring (bicyclic) bond motifs is 1. The minimum absolute atomic E-state index is 0.180. The Morgan fingerprint density at radius 2 is 1.63 bits per heavy atom. The van der Waals surface area contributed by atoms with Gasteiger partial charge in [-0.2, -0.15) is 0 Å². The van der Waals surface area contributed by atoms with Crippen LogP contribution in [0.2, 0.25) is 0 Å².